The van der Waals surface area contributed by atoms with Gasteiger partial charge >= 0.3 is 15.2 Å². The van der Waals surface area contributed by atoms with Gasteiger partial charge in [-0.15, -0.1) is 0 Å². The molecule has 190 valence electrons. The Morgan fingerprint density at radius 2 is 1.17 bits per heavy atom. The molecule has 1 aliphatic carbocycles. The molecule has 0 unspecified atom stereocenters. The van der Waals surface area contributed by atoms with E-state index in [1.54, 1.807) is 62.4 Å². The number of aromatic hydroxyl groups is 2. The third-order valence-corrected chi connectivity index (χ3v) is 7.84. The van der Waals surface area contributed by atoms with E-state index in [1.807, 2.05) is 17.0 Å². The first kappa shape index (κ1) is 27.2. The van der Waals surface area contributed by atoms with Crippen LogP contribution in [0, 0.1) is 19.3 Å². The summed E-state index contributed by atoms with van der Waals surface area (Å²) in [5.74, 6) is 0.204. The number of nitrogens with zero attached hydrogens (tertiary/aromatic N) is 1. The van der Waals surface area contributed by atoms with Crippen molar-refractivity contribution in [2.75, 3.05) is 17.2 Å². The van der Waals surface area contributed by atoms with Crippen LogP contribution in [0.1, 0.15) is 24.0 Å². The lowest BCUT2D eigenvalue weighted by molar-refractivity contribution is 0.347. The lowest BCUT2D eigenvalue weighted by Gasteiger charge is -2.37. The highest BCUT2D eigenvalue weighted by Crippen LogP contribution is 2.47. The normalized spacial score (nSPS) is 15.9. The SMILES string of the molecule is Cc1ccc(N(c2ccc(C)c(O)c2)C2C=CC(CCP(=O)(O)O)(CCP(=O)(O)O)C=C2)cc1O. The summed E-state index contributed by atoms with van der Waals surface area (Å²) in [5, 5.41) is 20.6. The van der Waals surface area contributed by atoms with E-state index in [2.05, 4.69) is 0 Å². The lowest BCUT2D eigenvalue weighted by atomic mass is 9.78. The average molecular weight is 523 g/mol. The summed E-state index contributed by atoms with van der Waals surface area (Å²) in [7, 11) is -8.64. The molecule has 0 spiro atoms. The fourth-order valence-electron chi connectivity index (χ4n) is 4.03. The highest BCUT2D eigenvalue weighted by Gasteiger charge is 2.33. The molecular formula is C24H31NO8P2. The van der Waals surface area contributed by atoms with Gasteiger partial charge in [-0.3, -0.25) is 9.13 Å². The smallest absolute Gasteiger partial charge is 0.325 e. The molecular weight excluding hydrogens is 492 g/mol. The van der Waals surface area contributed by atoms with Crippen molar-refractivity contribution in [2.45, 2.75) is 32.7 Å². The molecule has 0 amide bonds. The summed E-state index contributed by atoms with van der Waals surface area (Å²) in [4.78, 5) is 39.4. The second-order valence-corrected chi connectivity index (χ2v) is 12.6. The molecule has 0 aromatic heterocycles. The van der Waals surface area contributed by atoms with Gasteiger partial charge < -0.3 is 34.7 Å². The van der Waals surface area contributed by atoms with Crippen molar-refractivity contribution in [3.05, 3.63) is 71.8 Å². The van der Waals surface area contributed by atoms with Gasteiger partial charge in [0.25, 0.3) is 0 Å². The number of anilines is 2. The summed E-state index contributed by atoms with van der Waals surface area (Å²) < 4.78 is 23.0. The topological polar surface area (TPSA) is 159 Å². The number of benzene rings is 2. The van der Waals surface area contributed by atoms with E-state index in [-0.39, 0.29) is 24.3 Å². The van der Waals surface area contributed by atoms with Crippen molar-refractivity contribution >= 4 is 26.6 Å². The molecule has 3 rings (SSSR count). The molecule has 0 aliphatic heterocycles. The van der Waals surface area contributed by atoms with E-state index >= 15 is 0 Å². The van der Waals surface area contributed by atoms with Gasteiger partial charge in [0.05, 0.1) is 18.4 Å². The first-order chi connectivity index (χ1) is 16.2. The highest BCUT2D eigenvalue weighted by molar-refractivity contribution is 7.52. The Labute approximate surface area is 204 Å². The van der Waals surface area contributed by atoms with E-state index in [9.17, 15) is 38.9 Å². The van der Waals surface area contributed by atoms with Gasteiger partial charge in [-0.1, -0.05) is 36.4 Å². The Bertz CT molecular complexity index is 1140. The summed E-state index contributed by atoms with van der Waals surface area (Å²) in [6.07, 6.45) is 6.27. The number of phenols is 2. The molecule has 0 radical (unpaired) electrons. The molecule has 0 saturated carbocycles. The Morgan fingerprint density at radius 3 is 1.51 bits per heavy atom. The lowest BCUT2D eigenvalue weighted by Crippen LogP contribution is -2.32. The van der Waals surface area contributed by atoms with Gasteiger partial charge in [0.1, 0.15) is 11.5 Å². The van der Waals surface area contributed by atoms with Crippen LogP contribution >= 0.6 is 15.2 Å². The van der Waals surface area contributed by atoms with Crippen LogP contribution in [0.3, 0.4) is 0 Å². The van der Waals surface area contributed by atoms with Crippen LogP contribution in [0.5, 0.6) is 11.5 Å². The minimum Gasteiger partial charge on any atom is -0.508 e. The van der Waals surface area contributed by atoms with E-state index in [4.69, 9.17) is 0 Å². The molecule has 0 atom stereocenters. The molecule has 2 aromatic carbocycles. The molecule has 11 heteroatoms. The number of aryl methyl sites for hydroxylation is 2. The number of phenolic OH excluding ortho intramolecular Hbond substituents is 2. The third kappa shape index (κ3) is 7.31. The second-order valence-electron chi connectivity index (χ2n) is 9.03. The summed E-state index contributed by atoms with van der Waals surface area (Å²) >= 11 is 0. The second kappa shape index (κ2) is 10.3. The van der Waals surface area contributed by atoms with Crippen LogP contribution in [-0.2, 0) is 9.13 Å². The van der Waals surface area contributed by atoms with Crippen molar-refractivity contribution in [1.82, 2.24) is 0 Å². The predicted molar refractivity (Wildman–Crippen MR) is 135 cm³/mol. The van der Waals surface area contributed by atoms with Crippen LogP contribution in [0.25, 0.3) is 0 Å². The fraction of sp³-hybridized carbons (Fsp3) is 0.333. The summed E-state index contributed by atoms with van der Waals surface area (Å²) in [6.45, 7) is 3.55. The zero-order valence-corrected chi connectivity index (χ0v) is 21.3. The van der Waals surface area contributed by atoms with Crippen LogP contribution < -0.4 is 4.90 Å². The Morgan fingerprint density at radius 1 is 0.771 bits per heavy atom. The van der Waals surface area contributed by atoms with E-state index < -0.39 is 39.0 Å². The Balaban J connectivity index is 2.00. The molecule has 1 aliphatic rings. The minimum atomic E-state index is -4.32. The van der Waals surface area contributed by atoms with Crippen molar-refractivity contribution in [2.24, 2.45) is 5.41 Å². The molecule has 9 nitrogen and oxygen atoms in total. The summed E-state index contributed by atoms with van der Waals surface area (Å²) in [6, 6.07) is 10.0. The number of rotatable bonds is 9. The maximum absolute atomic E-state index is 11.5. The molecule has 0 saturated heterocycles. The first-order valence-electron chi connectivity index (χ1n) is 11.0. The predicted octanol–water partition coefficient (Wildman–Crippen LogP) is 4.47. The number of allylic oxidation sites excluding steroid dienone is 2. The van der Waals surface area contributed by atoms with Gasteiger partial charge in [0.2, 0.25) is 0 Å². The maximum Gasteiger partial charge on any atom is 0.325 e. The van der Waals surface area contributed by atoms with Gasteiger partial charge in [-0.05, 0) is 49.9 Å². The quantitative estimate of drug-likeness (QED) is 0.206. The molecule has 0 fully saturated rings. The number of hydrogen-bond donors (Lipinski definition) is 6. The maximum atomic E-state index is 11.5. The van der Waals surface area contributed by atoms with Crippen LogP contribution in [0.15, 0.2) is 60.7 Å². The molecule has 6 N–H and O–H groups in total. The zero-order chi connectivity index (χ0) is 26.0. The van der Waals surface area contributed by atoms with Crippen molar-refractivity contribution in [1.29, 1.82) is 0 Å². The average Bonchev–Trinajstić information content (AvgIpc) is 2.76. The van der Waals surface area contributed by atoms with Crippen molar-refractivity contribution in [3.8, 4) is 11.5 Å². The summed E-state index contributed by atoms with van der Waals surface area (Å²) in [5.41, 5.74) is 1.75. The largest absolute Gasteiger partial charge is 0.508 e. The van der Waals surface area contributed by atoms with E-state index in [1.165, 1.54) is 0 Å². The Kier molecular flexibility index (Phi) is 8.02. The monoisotopic (exact) mass is 523 g/mol. The molecule has 0 bridgehead atoms. The standard InChI is InChI=1S/C24H31NO8P2/c1-17-3-5-20(15-22(17)26)25(21-6-4-18(2)23(27)16-21)19-7-9-24(10-8-19,11-13-34(28,29)30)12-14-35(31,32)33/h3-10,15-16,19,26-27H,11-14H2,1-2H3,(H2,28,29,30)(H2,31,32,33). The van der Waals surface area contributed by atoms with Gasteiger partial charge in [-0.25, -0.2) is 0 Å². The fourth-order valence-corrected chi connectivity index (χ4v) is 5.44. The molecule has 0 heterocycles. The van der Waals surface area contributed by atoms with E-state index in [0.29, 0.717) is 22.5 Å². The van der Waals surface area contributed by atoms with Gasteiger partial charge in [0, 0.05) is 28.9 Å². The van der Waals surface area contributed by atoms with Crippen LogP contribution in [-0.4, -0.2) is 48.2 Å². The highest BCUT2D eigenvalue weighted by atomic mass is 31.2. The Hall–Kier alpha value is -2.38. The molecule has 2 aromatic rings. The first-order valence-corrected chi connectivity index (χ1v) is 14.6. The minimum absolute atomic E-state index is 0.0215. The number of hydrogen-bond acceptors (Lipinski definition) is 5. The third-order valence-electron chi connectivity index (χ3n) is 6.23. The van der Waals surface area contributed by atoms with Gasteiger partial charge in [-0.2, -0.15) is 0 Å². The van der Waals surface area contributed by atoms with E-state index in [0.717, 1.165) is 0 Å². The van der Waals surface area contributed by atoms with Crippen molar-refractivity contribution in [3.63, 3.8) is 0 Å². The zero-order valence-electron chi connectivity index (χ0n) is 19.5. The van der Waals surface area contributed by atoms with Crippen LogP contribution in [0.4, 0.5) is 11.4 Å². The molecule has 35 heavy (non-hydrogen) atoms. The van der Waals surface area contributed by atoms with Crippen LogP contribution in [0.2, 0.25) is 0 Å². The van der Waals surface area contributed by atoms with Gasteiger partial charge in [0.15, 0.2) is 0 Å². The van der Waals surface area contributed by atoms with Crippen molar-refractivity contribution < 1.29 is 38.9 Å².